The van der Waals surface area contributed by atoms with Gasteiger partial charge in [-0.05, 0) is 28.9 Å². The van der Waals surface area contributed by atoms with E-state index in [1.165, 1.54) is 0 Å². The third-order valence-corrected chi connectivity index (χ3v) is 2.97. The Morgan fingerprint density at radius 2 is 2.24 bits per heavy atom. The predicted molar refractivity (Wildman–Crippen MR) is 66.1 cm³/mol. The van der Waals surface area contributed by atoms with Crippen molar-refractivity contribution in [2.75, 3.05) is 0 Å². The zero-order chi connectivity index (χ0) is 12.6. The minimum atomic E-state index is -0.933. The van der Waals surface area contributed by atoms with Crippen molar-refractivity contribution in [3.05, 3.63) is 39.9 Å². The molecule has 0 aromatic carbocycles. The molecule has 0 unspecified atom stereocenters. The zero-order valence-corrected chi connectivity index (χ0v) is 11.1. The maximum atomic E-state index is 11.1. The molecule has 6 heteroatoms. The molecule has 90 valence electrons. The number of aromatic carboxylic acids is 1. The van der Waals surface area contributed by atoms with Crippen LogP contribution in [-0.4, -0.2) is 25.4 Å². The molecule has 1 N–H and O–H groups in total. The molecule has 5 nitrogen and oxygen atoms in total. The molecule has 0 aliphatic heterocycles. The van der Waals surface area contributed by atoms with Crippen LogP contribution in [0.5, 0.6) is 0 Å². The minimum absolute atomic E-state index is 0.264. The van der Waals surface area contributed by atoms with Gasteiger partial charge >= 0.3 is 5.97 Å². The topological polar surface area (TPSA) is 60.0 Å². The average molecular weight is 298 g/mol. The van der Waals surface area contributed by atoms with Gasteiger partial charge in [0.1, 0.15) is 5.69 Å². The molecule has 0 fully saturated rings. The number of carboxylic acid groups (broad SMARTS) is 1. The SMILES string of the molecule is Cc1nn(C)cc1Cn1cc(Br)cc1C(=O)O. The van der Waals surface area contributed by atoms with Gasteiger partial charge in [0.15, 0.2) is 0 Å². The predicted octanol–water partition coefficient (Wildman–Crippen LogP) is 2.04. The summed E-state index contributed by atoms with van der Waals surface area (Å²) in [5, 5.41) is 13.3. The molecular weight excluding hydrogens is 286 g/mol. The van der Waals surface area contributed by atoms with E-state index in [0.717, 1.165) is 15.7 Å². The van der Waals surface area contributed by atoms with Crippen LogP contribution in [-0.2, 0) is 13.6 Å². The van der Waals surface area contributed by atoms with Crippen molar-refractivity contribution >= 4 is 21.9 Å². The number of hydrogen-bond donors (Lipinski definition) is 1. The molecule has 0 aliphatic carbocycles. The van der Waals surface area contributed by atoms with Crippen molar-refractivity contribution in [2.45, 2.75) is 13.5 Å². The molecule has 17 heavy (non-hydrogen) atoms. The second-order valence-electron chi connectivity index (χ2n) is 3.89. The number of rotatable bonds is 3. The van der Waals surface area contributed by atoms with Crippen LogP contribution in [0, 0.1) is 6.92 Å². The first-order valence-electron chi connectivity index (χ1n) is 5.05. The molecule has 0 bridgehead atoms. The molecule has 2 aromatic rings. The number of aromatic nitrogens is 3. The Bertz CT molecular complexity index is 571. The molecule has 0 atom stereocenters. The van der Waals surface area contributed by atoms with Gasteiger partial charge in [-0.2, -0.15) is 5.10 Å². The number of aryl methyl sites for hydroxylation is 2. The summed E-state index contributed by atoms with van der Waals surface area (Å²) in [7, 11) is 1.85. The lowest BCUT2D eigenvalue weighted by Gasteiger charge is -2.04. The highest BCUT2D eigenvalue weighted by Gasteiger charge is 2.13. The van der Waals surface area contributed by atoms with E-state index in [1.807, 2.05) is 20.2 Å². The maximum Gasteiger partial charge on any atom is 0.352 e. The molecular formula is C11H12BrN3O2. The van der Waals surface area contributed by atoms with Gasteiger partial charge in [-0.25, -0.2) is 4.79 Å². The van der Waals surface area contributed by atoms with Gasteiger partial charge in [-0.15, -0.1) is 0 Å². The number of halogens is 1. The summed E-state index contributed by atoms with van der Waals surface area (Å²) in [5.74, 6) is -0.933. The van der Waals surface area contributed by atoms with Gasteiger partial charge in [0.2, 0.25) is 0 Å². The van der Waals surface area contributed by atoms with E-state index in [2.05, 4.69) is 21.0 Å². The van der Waals surface area contributed by atoms with E-state index in [0.29, 0.717) is 6.54 Å². The van der Waals surface area contributed by atoms with Crippen LogP contribution >= 0.6 is 15.9 Å². The van der Waals surface area contributed by atoms with E-state index >= 15 is 0 Å². The van der Waals surface area contributed by atoms with Crippen LogP contribution in [0.2, 0.25) is 0 Å². The van der Waals surface area contributed by atoms with Gasteiger partial charge < -0.3 is 9.67 Å². The molecule has 2 rings (SSSR count). The lowest BCUT2D eigenvalue weighted by molar-refractivity contribution is 0.0685. The summed E-state index contributed by atoms with van der Waals surface area (Å²) in [6.45, 7) is 2.42. The fraction of sp³-hybridized carbons (Fsp3) is 0.273. The molecule has 2 heterocycles. The second-order valence-corrected chi connectivity index (χ2v) is 4.81. The van der Waals surface area contributed by atoms with Crippen LogP contribution in [0.3, 0.4) is 0 Å². The van der Waals surface area contributed by atoms with Crippen molar-refractivity contribution in [3.8, 4) is 0 Å². The Morgan fingerprint density at radius 1 is 1.53 bits per heavy atom. The Labute approximate surface area is 107 Å². The molecule has 0 aliphatic rings. The van der Waals surface area contributed by atoms with Crippen molar-refractivity contribution in [2.24, 2.45) is 7.05 Å². The van der Waals surface area contributed by atoms with E-state index in [-0.39, 0.29) is 5.69 Å². The van der Waals surface area contributed by atoms with Gasteiger partial charge in [0.25, 0.3) is 0 Å². The molecule has 0 spiro atoms. The quantitative estimate of drug-likeness (QED) is 0.943. The van der Waals surface area contributed by atoms with E-state index in [9.17, 15) is 4.79 Å². The smallest absolute Gasteiger partial charge is 0.352 e. The highest BCUT2D eigenvalue weighted by Crippen LogP contribution is 2.17. The molecule has 0 saturated carbocycles. The minimum Gasteiger partial charge on any atom is -0.477 e. The van der Waals surface area contributed by atoms with Gasteiger partial charge in [0, 0.05) is 29.5 Å². The lowest BCUT2D eigenvalue weighted by atomic mass is 10.2. The summed E-state index contributed by atoms with van der Waals surface area (Å²) in [5.41, 5.74) is 2.19. The number of hydrogen-bond acceptors (Lipinski definition) is 2. The first-order chi connectivity index (χ1) is 7.97. The molecule has 0 radical (unpaired) electrons. The molecule has 0 amide bonds. The Hall–Kier alpha value is -1.56. The first-order valence-corrected chi connectivity index (χ1v) is 5.85. The fourth-order valence-corrected chi connectivity index (χ4v) is 2.24. The molecule has 2 aromatic heterocycles. The van der Waals surface area contributed by atoms with E-state index < -0.39 is 5.97 Å². The van der Waals surface area contributed by atoms with E-state index in [4.69, 9.17) is 5.11 Å². The average Bonchev–Trinajstić information content (AvgIpc) is 2.71. The molecule has 0 saturated heterocycles. The summed E-state index contributed by atoms with van der Waals surface area (Å²) >= 11 is 3.28. The van der Waals surface area contributed by atoms with Gasteiger partial charge in [-0.3, -0.25) is 4.68 Å². The zero-order valence-electron chi connectivity index (χ0n) is 9.51. The monoisotopic (exact) mass is 297 g/mol. The van der Waals surface area contributed by atoms with Crippen molar-refractivity contribution in [1.82, 2.24) is 14.3 Å². The van der Waals surface area contributed by atoms with E-state index in [1.54, 1.807) is 21.5 Å². The lowest BCUT2D eigenvalue weighted by Crippen LogP contribution is -2.08. The first kappa shape index (κ1) is 11.9. The number of nitrogens with zero attached hydrogens (tertiary/aromatic N) is 3. The summed E-state index contributed by atoms with van der Waals surface area (Å²) in [6, 6.07) is 1.59. The van der Waals surface area contributed by atoms with Crippen LogP contribution in [0.4, 0.5) is 0 Å². The number of carbonyl (C=O) groups is 1. The Kier molecular flexibility index (Phi) is 3.06. The fourth-order valence-electron chi connectivity index (χ4n) is 1.77. The third kappa shape index (κ3) is 2.41. The van der Waals surface area contributed by atoms with Crippen molar-refractivity contribution in [1.29, 1.82) is 0 Å². The Morgan fingerprint density at radius 3 is 2.76 bits per heavy atom. The van der Waals surface area contributed by atoms with Crippen LogP contribution in [0.15, 0.2) is 22.9 Å². The van der Waals surface area contributed by atoms with Crippen LogP contribution < -0.4 is 0 Å². The maximum absolute atomic E-state index is 11.1. The van der Waals surface area contributed by atoms with Crippen LogP contribution in [0.25, 0.3) is 0 Å². The second kappa shape index (κ2) is 4.37. The summed E-state index contributed by atoms with van der Waals surface area (Å²) in [4.78, 5) is 11.1. The third-order valence-electron chi connectivity index (χ3n) is 2.54. The van der Waals surface area contributed by atoms with Crippen LogP contribution in [0.1, 0.15) is 21.7 Å². The highest BCUT2D eigenvalue weighted by atomic mass is 79.9. The summed E-state index contributed by atoms with van der Waals surface area (Å²) in [6.07, 6.45) is 3.66. The van der Waals surface area contributed by atoms with Gasteiger partial charge in [0.05, 0.1) is 12.2 Å². The standard InChI is InChI=1S/C11H12BrN3O2/c1-7-8(4-14(2)13-7)5-15-6-9(12)3-10(15)11(16)17/h3-4,6H,5H2,1-2H3,(H,16,17). The number of carboxylic acids is 1. The van der Waals surface area contributed by atoms with Gasteiger partial charge in [-0.1, -0.05) is 0 Å². The highest BCUT2D eigenvalue weighted by molar-refractivity contribution is 9.10. The Balaban J connectivity index is 2.36. The normalized spacial score (nSPS) is 10.8. The largest absolute Gasteiger partial charge is 0.477 e. The summed E-state index contributed by atoms with van der Waals surface area (Å²) < 4.78 is 4.18. The van der Waals surface area contributed by atoms with Crippen molar-refractivity contribution in [3.63, 3.8) is 0 Å². The van der Waals surface area contributed by atoms with Crippen molar-refractivity contribution < 1.29 is 9.90 Å².